The quantitative estimate of drug-likeness (QED) is 0.350. The molecular formula is C27H29ClN4. The normalized spacial score (nSPS) is 11.2. The average molecular weight is 445 g/mol. The molecule has 32 heavy (non-hydrogen) atoms. The summed E-state index contributed by atoms with van der Waals surface area (Å²) in [5.41, 5.74) is 7.07. The first kappa shape index (κ1) is 22.1. The Balaban J connectivity index is 1.33. The summed E-state index contributed by atoms with van der Waals surface area (Å²) in [7, 11) is 6.29. The molecule has 1 aromatic heterocycles. The van der Waals surface area contributed by atoms with Gasteiger partial charge in [0.15, 0.2) is 0 Å². The number of fused-ring (bicyclic) bond motifs is 1. The number of anilines is 2. The molecule has 164 valence electrons. The monoisotopic (exact) mass is 444 g/mol. The van der Waals surface area contributed by atoms with Crippen LogP contribution in [0.5, 0.6) is 0 Å². The third-order valence-corrected chi connectivity index (χ3v) is 5.80. The number of aromatic nitrogens is 1. The second-order valence-electron chi connectivity index (χ2n) is 8.42. The molecule has 3 aromatic carbocycles. The number of benzene rings is 3. The third-order valence-electron chi connectivity index (χ3n) is 5.57. The lowest BCUT2D eigenvalue weighted by Crippen LogP contribution is -2.17. The number of nitrogens with zero attached hydrogens (tertiary/aromatic N) is 3. The highest BCUT2D eigenvalue weighted by atomic mass is 35.5. The summed E-state index contributed by atoms with van der Waals surface area (Å²) in [6.45, 7) is 2.60. The van der Waals surface area contributed by atoms with Crippen LogP contribution in [0.1, 0.15) is 16.7 Å². The van der Waals surface area contributed by atoms with Crippen LogP contribution in [0, 0.1) is 0 Å². The Labute approximate surface area is 195 Å². The van der Waals surface area contributed by atoms with E-state index in [-0.39, 0.29) is 0 Å². The number of halogens is 1. The molecule has 0 spiro atoms. The fourth-order valence-corrected chi connectivity index (χ4v) is 3.98. The van der Waals surface area contributed by atoms with E-state index in [4.69, 9.17) is 11.6 Å². The topological polar surface area (TPSA) is 31.4 Å². The van der Waals surface area contributed by atoms with E-state index in [9.17, 15) is 0 Å². The Morgan fingerprint density at radius 2 is 1.41 bits per heavy atom. The Hall–Kier alpha value is -3.08. The van der Waals surface area contributed by atoms with Crippen molar-refractivity contribution in [1.29, 1.82) is 0 Å². The molecule has 1 N–H and O–H groups in total. The maximum absolute atomic E-state index is 6.09. The van der Waals surface area contributed by atoms with Gasteiger partial charge in [0.2, 0.25) is 0 Å². The van der Waals surface area contributed by atoms with Gasteiger partial charge in [-0.3, -0.25) is 9.88 Å². The Bertz CT molecular complexity index is 1170. The molecule has 0 bridgehead atoms. The summed E-state index contributed by atoms with van der Waals surface area (Å²) < 4.78 is 0. The molecule has 0 unspecified atom stereocenters. The van der Waals surface area contributed by atoms with Gasteiger partial charge in [-0.2, -0.15) is 0 Å². The molecular weight excluding hydrogens is 416 g/mol. The second kappa shape index (κ2) is 10.0. The maximum Gasteiger partial charge on any atom is 0.0737 e. The summed E-state index contributed by atoms with van der Waals surface area (Å²) in [6.07, 6.45) is 1.81. The standard InChI is InChI=1S/C27H29ClN4/c1-31(2)24-11-8-22(9-12-24)19-32(3)18-21-6-4-20(5-7-21)17-30-26-14-15-29-27-16-23(28)10-13-25(26)27/h4-16H,17-19H2,1-3H3,(H,29,30). The van der Waals surface area contributed by atoms with Gasteiger partial charge in [0, 0.05) is 61.7 Å². The molecule has 0 aliphatic carbocycles. The first-order valence-electron chi connectivity index (χ1n) is 10.8. The largest absolute Gasteiger partial charge is 0.380 e. The smallest absolute Gasteiger partial charge is 0.0737 e. The van der Waals surface area contributed by atoms with Crippen molar-refractivity contribution in [3.63, 3.8) is 0 Å². The summed E-state index contributed by atoms with van der Waals surface area (Å²) in [5.74, 6) is 0. The van der Waals surface area contributed by atoms with E-state index < -0.39 is 0 Å². The van der Waals surface area contributed by atoms with Crippen LogP contribution in [0.15, 0.2) is 79.0 Å². The van der Waals surface area contributed by atoms with Crippen molar-refractivity contribution in [1.82, 2.24) is 9.88 Å². The van der Waals surface area contributed by atoms with Gasteiger partial charge in [-0.15, -0.1) is 0 Å². The molecule has 0 aliphatic rings. The van der Waals surface area contributed by atoms with Gasteiger partial charge in [-0.05, 0) is 60.1 Å². The molecule has 0 aliphatic heterocycles. The van der Waals surface area contributed by atoms with Crippen molar-refractivity contribution < 1.29 is 0 Å². The van der Waals surface area contributed by atoms with Crippen LogP contribution in [0.4, 0.5) is 11.4 Å². The molecule has 4 aromatic rings. The van der Waals surface area contributed by atoms with Crippen molar-refractivity contribution in [3.05, 3.63) is 101 Å². The van der Waals surface area contributed by atoms with Crippen LogP contribution in [0.25, 0.3) is 10.9 Å². The van der Waals surface area contributed by atoms with Crippen LogP contribution in [0.2, 0.25) is 5.02 Å². The summed E-state index contributed by atoms with van der Waals surface area (Å²) in [6, 6.07) is 25.4. The Morgan fingerprint density at radius 3 is 2.06 bits per heavy atom. The van der Waals surface area contributed by atoms with Crippen LogP contribution in [-0.4, -0.2) is 31.0 Å². The lowest BCUT2D eigenvalue weighted by molar-refractivity contribution is 0.319. The van der Waals surface area contributed by atoms with Crippen LogP contribution >= 0.6 is 11.6 Å². The van der Waals surface area contributed by atoms with Gasteiger partial charge in [0.1, 0.15) is 0 Å². The fraction of sp³-hybridized carbons (Fsp3) is 0.222. The van der Waals surface area contributed by atoms with E-state index in [2.05, 4.69) is 89.8 Å². The number of hydrogen-bond acceptors (Lipinski definition) is 4. The predicted octanol–water partition coefficient (Wildman–Crippen LogP) is 6.20. The molecule has 1 heterocycles. The van der Waals surface area contributed by atoms with Crippen molar-refractivity contribution >= 4 is 33.9 Å². The summed E-state index contributed by atoms with van der Waals surface area (Å²) in [4.78, 5) is 8.87. The average Bonchev–Trinajstić information content (AvgIpc) is 2.78. The number of rotatable bonds is 8. The highest BCUT2D eigenvalue weighted by Gasteiger charge is 2.05. The van der Waals surface area contributed by atoms with E-state index in [0.717, 1.165) is 36.2 Å². The molecule has 0 fully saturated rings. The van der Waals surface area contributed by atoms with Gasteiger partial charge in [-0.25, -0.2) is 0 Å². The van der Waals surface area contributed by atoms with E-state index in [1.54, 1.807) is 0 Å². The van der Waals surface area contributed by atoms with Gasteiger partial charge < -0.3 is 10.2 Å². The minimum absolute atomic E-state index is 0.702. The summed E-state index contributed by atoms with van der Waals surface area (Å²) in [5, 5.41) is 5.31. The molecule has 0 radical (unpaired) electrons. The maximum atomic E-state index is 6.09. The van der Waals surface area contributed by atoms with Gasteiger partial charge in [-0.1, -0.05) is 48.0 Å². The number of pyridine rings is 1. The van der Waals surface area contributed by atoms with Crippen molar-refractivity contribution in [2.45, 2.75) is 19.6 Å². The minimum Gasteiger partial charge on any atom is -0.380 e. The Kier molecular flexibility index (Phi) is 6.93. The van der Waals surface area contributed by atoms with Gasteiger partial charge >= 0.3 is 0 Å². The lowest BCUT2D eigenvalue weighted by Gasteiger charge is -2.18. The molecule has 0 saturated carbocycles. The van der Waals surface area contributed by atoms with Crippen molar-refractivity contribution in [2.24, 2.45) is 0 Å². The third kappa shape index (κ3) is 5.58. The zero-order chi connectivity index (χ0) is 22.5. The molecule has 0 amide bonds. The number of hydrogen-bond donors (Lipinski definition) is 1. The molecule has 4 rings (SSSR count). The van der Waals surface area contributed by atoms with E-state index in [1.807, 2.05) is 30.5 Å². The fourth-order valence-electron chi connectivity index (χ4n) is 3.81. The lowest BCUT2D eigenvalue weighted by atomic mass is 10.1. The van der Waals surface area contributed by atoms with Crippen molar-refractivity contribution in [2.75, 3.05) is 31.4 Å². The first-order chi connectivity index (χ1) is 15.5. The SMILES string of the molecule is CN(Cc1ccc(CNc2ccnc3cc(Cl)ccc23)cc1)Cc1ccc(N(C)C)cc1. The highest BCUT2D eigenvalue weighted by Crippen LogP contribution is 2.25. The molecule has 4 nitrogen and oxygen atoms in total. The molecule has 0 atom stereocenters. The van der Waals surface area contributed by atoms with Crippen molar-refractivity contribution in [3.8, 4) is 0 Å². The van der Waals surface area contributed by atoms with E-state index in [1.165, 1.54) is 22.4 Å². The van der Waals surface area contributed by atoms with Gasteiger partial charge in [0.25, 0.3) is 0 Å². The zero-order valence-corrected chi connectivity index (χ0v) is 19.6. The van der Waals surface area contributed by atoms with Crippen LogP contribution in [0.3, 0.4) is 0 Å². The summed E-state index contributed by atoms with van der Waals surface area (Å²) >= 11 is 6.09. The van der Waals surface area contributed by atoms with Gasteiger partial charge in [0.05, 0.1) is 5.52 Å². The van der Waals surface area contributed by atoms with E-state index in [0.29, 0.717) is 5.02 Å². The number of nitrogens with one attached hydrogen (secondary N) is 1. The predicted molar refractivity (Wildman–Crippen MR) is 136 cm³/mol. The highest BCUT2D eigenvalue weighted by molar-refractivity contribution is 6.31. The minimum atomic E-state index is 0.702. The molecule has 0 saturated heterocycles. The molecule has 5 heteroatoms. The van der Waals surface area contributed by atoms with Crippen LogP contribution < -0.4 is 10.2 Å². The Morgan fingerprint density at radius 1 is 0.781 bits per heavy atom. The van der Waals surface area contributed by atoms with E-state index >= 15 is 0 Å². The second-order valence-corrected chi connectivity index (χ2v) is 8.86. The van der Waals surface area contributed by atoms with Crippen LogP contribution in [-0.2, 0) is 19.6 Å². The zero-order valence-electron chi connectivity index (χ0n) is 18.8. The first-order valence-corrected chi connectivity index (χ1v) is 11.2.